The van der Waals surface area contributed by atoms with Crippen LogP contribution in [0.1, 0.15) is 31.2 Å². The van der Waals surface area contributed by atoms with E-state index in [1.54, 1.807) is 11.1 Å². The molecule has 0 aliphatic carbocycles. The molecule has 6 nitrogen and oxygen atoms in total. The van der Waals surface area contributed by atoms with Crippen molar-refractivity contribution in [3.8, 4) is 0 Å². The molecule has 140 valence electrons. The van der Waals surface area contributed by atoms with Crippen molar-refractivity contribution in [3.05, 3.63) is 42.1 Å². The highest BCUT2D eigenvalue weighted by Gasteiger charge is 2.09. The first-order chi connectivity index (χ1) is 12.5. The SMILES string of the molecule is CN(CCCN(C)C(=O)CCCC(N)=O)Cc1ccc2ncccc2c1. The Morgan fingerprint density at radius 2 is 1.88 bits per heavy atom. The number of carbonyl (C=O) groups is 2. The lowest BCUT2D eigenvalue weighted by atomic mass is 10.1. The third-order valence-corrected chi connectivity index (χ3v) is 4.39. The molecule has 6 heteroatoms. The standard InChI is InChI=1S/C20H28N4O2/c1-23(12-5-13-24(2)20(26)8-3-7-19(21)25)15-16-9-10-18-17(14-16)6-4-11-22-18/h4,6,9-11,14H,3,5,7-8,12-13,15H2,1-2H3,(H2,21,25). The van der Waals surface area contributed by atoms with Gasteiger partial charge in [0.1, 0.15) is 0 Å². The Balaban J connectivity index is 1.71. The van der Waals surface area contributed by atoms with Crippen molar-refractivity contribution in [1.29, 1.82) is 0 Å². The number of primary amides is 1. The van der Waals surface area contributed by atoms with E-state index in [1.165, 1.54) is 5.56 Å². The normalized spacial score (nSPS) is 11.0. The van der Waals surface area contributed by atoms with Gasteiger partial charge in [0, 0.05) is 44.6 Å². The summed E-state index contributed by atoms with van der Waals surface area (Å²) in [5, 5.41) is 1.15. The zero-order valence-corrected chi connectivity index (χ0v) is 15.6. The predicted octanol–water partition coefficient (Wildman–Crippen LogP) is 2.17. The van der Waals surface area contributed by atoms with Crippen LogP contribution < -0.4 is 5.73 Å². The fourth-order valence-electron chi connectivity index (χ4n) is 2.92. The summed E-state index contributed by atoms with van der Waals surface area (Å²) in [7, 11) is 3.89. The first kappa shape index (κ1) is 19.8. The highest BCUT2D eigenvalue weighted by atomic mass is 16.2. The maximum Gasteiger partial charge on any atom is 0.222 e. The first-order valence-electron chi connectivity index (χ1n) is 9.00. The zero-order valence-electron chi connectivity index (χ0n) is 15.6. The summed E-state index contributed by atoms with van der Waals surface area (Å²) in [6.07, 6.45) is 3.88. The van der Waals surface area contributed by atoms with Gasteiger partial charge in [0.15, 0.2) is 0 Å². The Morgan fingerprint density at radius 3 is 2.65 bits per heavy atom. The van der Waals surface area contributed by atoms with E-state index in [1.807, 2.05) is 13.1 Å². The van der Waals surface area contributed by atoms with Crippen molar-refractivity contribution in [2.45, 2.75) is 32.2 Å². The van der Waals surface area contributed by atoms with Gasteiger partial charge >= 0.3 is 0 Å². The Labute approximate surface area is 155 Å². The summed E-state index contributed by atoms with van der Waals surface area (Å²) >= 11 is 0. The highest BCUT2D eigenvalue weighted by molar-refractivity contribution is 5.79. The number of pyridine rings is 1. The molecule has 2 amide bonds. The second-order valence-electron chi connectivity index (χ2n) is 6.76. The van der Waals surface area contributed by atoms with Gasteiger partial charge in [-0.05, 0) is 50.2 Å². The van der Waals surface area contributed by atoms with Crippen LogP contribution in [0.25, 0.3) is 10.9 Å². The van der Waals surface area contributed by atoms with E-state index in [0.717, 1.165) is 30.4 Å². The van der Waals surface area contributed by atoms with Gasteiger partial charge in [-0.3, -0.25) is 14.6 Å². The molecule has 0 saturated heterocycles. The van der Waals surface area contributed by atoms with Crippen LogP contribution in [0.4, 0.5) is 0 Å². The zero-order chi connectivity index (χ0) is 18.9. The third kappa shape index (κ3) is 6.44. The van der Waals surface area contributed by atoms with Crippen molar-refractivity contribution in [3.63, 3.8) is 0 Å². The average molecular weight is 356 g/mol. The van der Waals surface area contributed by atoms with E-state index in [-0.39, 0.29) is 18.2 Å². The number of benzene rings is 1. The molecule has 1 aromatic carbocycles. The quantitative estimate of drug-likeness (QED) is 0.707. The van der Waals surface area contributed by atoms with Crippen LogP contribution in [0.5, 0.6) is 0 Å². The topological polar surface area (TPSA) is 79.5 Å². The second-order valence-corrected chi connectivity index (χ2v) is 6.76. The van der Waals surface area contributed by atoms with E-state index in [9.17, 15) is 9.59 Å². The number of rotatable bonds is 10. The monoisotopic (exact) mass is 356 g/mol. The van der Waals surface area contributed by atoms with Gasteiger partial charge < -0.3 is 15.5 Å². The van der Waals surface area contributed by atoms with Crippen LogP contribution in [0, 0.1) is 0 Å². The molecule has 0 radical (unpaired) electrons. The predicted molar refractivity (Wildman–Crippen MR) is 103 cm³/mol. The summed E-state index contributed by atoms with van der Waals surface area (Å²) in [5.41, 5.74) is 7.35. The minimum atomic E-state index is -0.355. The molecule has 0 aliphatic rings. The number of hydrogen-bond acceptors (Lipinski definition) is 4. The lowest BCUT2D eigenvalue weighted by molar-refractivity contribution is -0.130. The van der Waals surface area contributed by atoms with Crippen LogP contribution in [0.15, 0.2) is 36.5 Å². The molecular weight excluding hydrogens is 328 g/mol. The van der Waals surface area contributed by atoms with E-state index in [4.69, 9.17) is 5.73 Å². The van der Waals surface area contributed by atoms with Crippen LogP contribution in [0.3, 0.4) is 0 Å². The number of amides is 2. The lowest BCUT2D eigenvalue weighted by Crippen LogP contribution is -2.30. The summed E-state index contributed by atoms with van der Waals surface area (Å²) in [5.74, 6) is -0.289. The number of aromatic nitrogens is 1. The van der Waals surface area contributed by atoms with Gasteiger partial charge in [-0.15, -0.1) is 0 Å². The molecule has 26 heavy (non-hydrogen) atoms. The molecule has 2 rings (SSSR count). The fourth-order valence-corrected chi connectivity index (χ4v) is 2.92. The molecule has 0 atom stereocenters. The Morgan fingerprint density at radius 1 is 1.08 bits per heavy atom. The maximum absolute atomic E-state index is 12.0. The van der Waals surface area contributed by atoms with E-state index in [0.29, 0.717) is 19.4 Å². The van der Waals surface area contributed by atoms with Gasteiger partial charge in [-0.25, -0.2) is 0 Å². The summed E-state index contributed by atoms with van der Waals surface area (Å²) in [6, 6.07) is 10.4. The Hall–Kier alpha value is -2.47. The summed E-state index contributed by atoms with van der Waals surface area (Å²) < 4.78 is 0. The number of nitrogens with zero attached hydrogens (tertiary/aromatic N) is 3. The molecular formula is C20H28N4O2. The summed E-state index contributed by atoms with van der Waals surface area (Å²) in [4.78, 5) is 31.0. The number of carbonyl (C=O) groups excluding carboxylic acids is 2. The van der Waals surface area contributed by atoms with Gasteiger partial charge in [0.2, 0.25) is 11.8 Å². The molecule has 0 fully saturated rings. The molecule has 1 aromatic heterocycles. The molecule has 0 aliphatic heterocycles. The maximum atomic E-state index is 12.0. The van der Waals surface area contributed by atoms with E-state index in [2.05, 4.69) is 41.2 Å². The van der Waals surface area contributed by atoms with Gasteiger partial charge in [0.25, 0.3) is 0 Å². The second kappa shape index (κ2) is 9.87. The lowest BCUT2D eigenvalue weighted by Gasteiger charge is -2.21. The molecule has 0 unspecified atom stereocenters. The molecule has 0 bridgehead atoms. The Kier molecular flexibility index (Phi) is 7.53. The van der Waals surface area contributed by atoms with E-state index < -0.39 is 0 Å². The fraction of sp³-hybridized carbons (Fsp3) is 0.450. The minimum absolute atomic E-state index is 0.0657. The van der Waals surface area contributed by atoms with Crippen molar-refractivity contribution in [2.75, 3.05) is 27.2 Å². The molecule has 2 aromatic rings. The third-order valence-electron chi connectivity index (χ3n) is 4.39. The molecule has 2 N–H and O–H groups in total. The highest BCUT2D eigenvalue weighted by Crippen LogP contribution is 2.14. The molecule has 1 heterocycles. The van der Waals surface area contributed by atoms with Crippen LogP contribution in [-0.2, 0) is 16.1 Å². The van der Waals surface area contributed by atoms with Gasteiger partial charge in [-0.1, -0.05) is 12.1 Å². The van der Waals surface area contributed by atoms with Gasteiger partial charge in [0.05, 0.1) is 5.52 Å². The molecule has 0 saturated carbocycles. The smallest absolute Gasteiger partial charge is 0.222 e. The van der Waals surface area contributed by atoms with Crippen molar-refractivity contribution in [1.82, 2.24) is 14.8 Å². The number of nitrogens with two attached hydrogens (primary N) is 1. The van der Waals surface area contributed by atoms with Crippen LogP contribution in [-0.4, -0.2) is 53.8 Å². The minimum Gasteiger partial charge on any atom is -0.370 e. The van der Waals surface area contributed by atoms with Crippen LogP contribution in [0.2, 0.25) is 0 Å². The average Bonchev–Trinajstić information content (AvgIpc) is 2.61. The van der Waals surface area contributed by atoms with Crippen molar-refractivity contribution < 1.29 is 9.59 Å². The van der Waals surface area contributed by atoms with Gasteiger partial charge in [-0.2, -0.15) is 0 Å². The van der Waals surface area contributed by atoms with E-state index >= 15 is 0 Å². The molecule has 0 spiro atoms. The van der Waals surface area contributed by atoms with Crippen molar-refractivity contribution >= 4 is 22.7 Å². The number of hydrogen-bond donors (Lipinski definition) is 1. The summed E-state index contributed by atoms with van der Waals surface area (Å²) in [6.45, 7) is 2.48. The first-order valence-corrected chi connectivity index (χ1v) is 9.00. The van der Waals surface area contributed by atoms with Crippen LogP contribution >= 0.6 is 0 Å². The largest absolute Gasteiger partial charge is 0.370 e. The number of fused-ring (bicyclic) bond motifs is 1. The Bertz CT molecular complexity index is 747. The van der Waals surface area contributed by atoms with Crippen molar-refractivity contribution in [2.24, 2.45) is 5.73 Å².